The molecule has 0 aliphatic carbocycles. The zero-order valence-electron chi connectivity index (χ0n) is 13.5. The zero-order chi connectivity index (χ0) is 18.2. The number of hydrogen-bond acceptors (Lipinski definition) is 2. The molecule has 1 heterocycles. The second-order valence-electron chi connectivity index (χ2n) is 5.60. The van der Waals surface area contributed by atoms with Gasteiger partial charge in [0.15, 0.2) is 0 Å². The summed E-state index contributed by atoms with van der Waals surface area (Å²) in [5, 5.41) is 10.4. The molecule has 3 rings (SSSR count). The lowest BCUT2D eigenvalue weighted by Crippen LogP contribution is -2.19. The van der Waals surface area contributed by atoms with Gasteiger partial charge in [0, 0.05) is 29.5 Å². The van der Waals surface area contributed by atoms with Crippen molar-refractivity contribution in [2.24, 2.45) is 7.05 Å². The summed E-state index contributed by atoms with van der Waals surface area (Å²) in [5.74, 6) is 0. The molecule has 2 aromatic carbocycles. The Morgan fingerprint density at radius 1 is 1.04 bits per heavy atom. The highest BCUT2D eigenvalue weighted by atomic mass is 19.4. The van der Waals surface area contributed by atoms with Gasteiger partial charge in [-0.2, -0.15) is 18.3 Å². The lowest BCUT2D eigenvalue weighted by molar-refractivity contribution is -0.137. The number of aryl methyl sites for hydroxylation is 2. The summed E-state index contributed by atoms with van der Waals surface area (Å²) < 4.78 is 39.3. The van der Waals surface area contributed by atoms with Crippen LogP contribution in [0.5, 0.6) is 0 Å². The van der Waals surface area contributed by atoms with Crippen molar-refractivity contribution in [1.82, 2.24) is 9.78 Å². The van der Waals surface area contributed by atoms with Crippen LogP contribution in [0.25, 0.3) is 10.9 Å². The molecule has 0 bridgehead atoms. The second-order valence-corrected chi connectivity index (χ2v) is 5.60. The fraction of sp³-hybridized carbons (Fsp3) is 0.176. The zero-order valence-corrected chi connectivity index (χ0v) is 13.5. The van der Waals surface area contributed by atoms with Crippen molar-refractivity contribution in [2.75, 3.05) is 10.6 Å². The number of hydrogen-bond donors (Lipinski definition) is 2. The van der Waals surface area contributed by atoms with E-state index in [0.29, 0.717) is 5.69 Å². The normalized spacial score (nSPS) is 11.6. The number of aromatic nitrogens is 2. The van der Waals surface area contributed by atoms with Crippen LogP contribution in [0.1, 0.15) is 11.3 Å². The Morgan fingerprint density at radius 2 is 1.64 bits per heavy atom. The van der Waals surface area contributed by atoms with Crippen LogP contribution in [-0.2, 0) is 13.2 Å². The van der Waals surface area contributed by atoms with Crippen molar-refractivity contribution in [2.45, 2.75) is 13.1 Å². The summed E-state index contributed by atoms with van der Waals surface area (Å²) in [4.78, 5) is 12.0. The summed E-state index contributed by atoms with van der Waals surface area (Å²) in [6, 6.07) is 9.01. The van der Waals surface area contributed by atoms with E-state index in [1.54, 1.807) is 16.8 Å². The molecule has 0 radical (unpaired) electrons. The van der Waals surface area contributed by atoms with E-state index in [-0.39, 0.29) is 5.69 Å². The van der Waals surface area contributed by atoms with E-state index < -0.39 is 17.8 Å². The number of fused-ring (bicyclic) bond motifs is 1. The predicted molar refractivity (Wildman–Crippen MR) is 89.5 cm³/mol. The molecule has 130 valence electrons. The fourth-order valence-corrected chi connectivity index (χ4v) is 2.44. The number of halogens is 3. The highest BCUT2D eigenvalue weighted by Gasteiger charge is 2.29. The van der Waals surface area contributed by atoms with Crippen molar-refractivity contribution < 1.29 is 18.0 Å². The van der Waals surface area contributed by atoms with Gasteiger partial charge in [0.2, 0.25) is 0 Å². The molecule has 0 aliphatic heterocycles. The first kappa shape index (κ1) is 16.8. The predicted octanol–water partition coefficient (Wildman–Crippen LogP) is 4.54. The van der Waals surface area contributed by atoms with Gasteiger partial charge in [-0.25, -0.2) is 4.79 Å². The van der Waals surface area contributed by atoms with Crippen LogP contribution in [0.3, 0.4) is 0 Å². The highest BCUT2D eigenvalue weighted by Crippen LogP contribution is 2.29. The average molecular weight is 348 g/mol. The molecule has 2 amide bonds. The number of nitrogens with zero attached hydrogens (tertiary/aromatic N) is 2. The first-order valence-electron chi connectivity index (χ1n) is 7.42. The van der Waals surface area contributed by atoms with Crippen LogP contribution in [0.2, 0.25) is 0 Å². The summed E-state index contributed by atoms with van der Waals surface area (Å²) in [6.07, 6.45) is -4.41. The smallest absolute Gasteiger partial charge is 0.308 e. The van der Waals surface area contributed by atoms with Crippen molar-refractivity contribution >= 4 is 28.3 Å². The summed E-state index contributed by atoms with van der Waals surface area (Å²) >= 11 is 0. The van der Waals surface area contributed by atoms with E-state index >= 15 is 0 Å². The third-order valence-corrected chi connectivity index (χ3v) is 3.86. The Morgan fingerprint density at radius 3 is 2.28 bits per heavy atom. The monoisotopic (exact) mass is 348 g/mol. The Balaban J connectivity index is 1.70. The van der Waals surface area contributed by atoms with Crippen LogP contribution >= 0.6 is 0 Å². The number of benzene rings is 2. The molecular formula is C17H15F3N4O. The maximum Gasteiger partial charge on any atom is 0.416 e. The van der Waals surface area contributed by atoms with Crippen LogP contribution in [0.15, 0.2) is 42.5 Å². The molecule has 0 unspecified atom stereocenters. The van der Waals surface area contributed by atoms with Crippen LogP contribution in [0, 0.1) is 6.92 Å². The van der Waals surface area contributed by atoms with E-state index in [4.69, 9.17) is 0 Å². The highest BCUT2D eigenvalue weighted by molar-refractivity contribution is 6.01. The van der Waals surface area contributed by atoms with Crippen molar-refractivity contribution in [3.63, 3.8) is 0 Å². The largest absolute Gasteiger partial charge is 0.416 e. The minimum atomic E-state index is -4.41. The van der Waals surface area contributed by atoms with E-state index in [0.717, 1.165) is 28.7 Å². The van der Waals surface area contributed by atoms with Crippen LogP contribution in [0.4, 0.5) is 29.3 Å². The Kier molecular flexibility index (Phi) is 4.12. The van der Waals surface area contributed by atoms with E-state index in [1.807, 2.05) is 20.0 Å². The van der Waals surface area contributed by atoms with Gasteiger partial charge in [0.25, 0.3) is 0 Å². The van der Waals surface area contributed by atoms with Gasteiger partial charge < -0.3 is 10.6 Å². The van der Waals surface area contributed by atoms with Crippen molar-refractivity contribution in [3.8, 4) is 0 Å². The van der Waals surface area contributed by atoms with E-state index in [1.165, 1.54) is 12.1 Å². The molecule has 0 atom stereocenters. The van der Waals surface area contributed by atoms with E-state index in [2.05, 4.69) is 15.7 Å². The Hall–Kier alpha value is -3.03. The first-order valence-corrected chi connectivity index (χ1v) is 7.42. The number of nitrogens with one attached hydrogen (secondary N) is 2. The molecular weight excluding hydrogens is 333 g/mol. The fourth-order valence-electron chi connectivity index (χ4n) is 2.44. The molecule has 5 nitrogen and oxygen atoms in total. The minimum absolute atomic E-state index is 0.264. The van der Waals surface area contributed by atoms with Gasteiger partial charge in [0.1, 0.15) is 0 Å². The van der Waals surface area contributed by atoms with E-state index in [9.17, 15) is 18.0 Å². The summed E-state index contributed by atoms with van der Waals surface area (Å²) in [7, 11) is 1.83. The van der Waals surface area contributed by atoms with Gasteiger partial charge in [-0.05, 0) is 49.4 Å². The SMILES string of the molecule is Cc1c2ccc(NC(=O)Nc3ccc(C(F)(F)F)cc3)cc2nn1C. The number of anilines is 2. The topological polar surface area (TPSA) is 59.0 Å². The molecule has 0 saturated carbocycles. The average Bonchev–Trinajstić information content (AvgIpc) is 2.81. The number of rotatable bonds is 2. The molecule has 0 fully saturated rings. The molecule has 3 aromatic rings. The molecule has 0 spiro atoms. The molecule has 25 heavy (non-hydrogen) atoms. The molecule has 0 aliphatic rings. The third-order valence-electron chi connectivity index (χ3n) is 3.86. The number of alkyl halides is 3. The lowest BCUT2D eigenvalue weighted by Gasteiger charge is -2.10. The number of carbonyl (C=O) groups excluding carboxylic acids is 1. The number of urea groups is 1. The first-order chi connectivity index (χ1) is 11.7. The second kappa shape index (κ2) is 6.12. The summed E-state index contributed by atoms with van der Waals surface area (Å²) in [6.45, 7) is 1.94. The number of amides is 2. The number of carbonyl (C=O) groups is 1. The van der Waals surface area contributed by atoms with Gasteiger partial charge in [-0.3, -0.25) is 4.68 Å². The molecule has 1 aromatic heterocycles. The maximum atomic E-state index is 12.5. The van der Waals surface area contributed by atoms with Crippen molar-refractivity contribution in [1.29, 1.82) is 0 Å². The quantitative estimate of drug-likeness (QED) is 0.714. The third kappa shape index (κ3) is 3.57. The Bertz CT molecular complexity index is 929. The Labute approximate surface area is 141 Å². The van der Waals surface area contributed by atoms with Gasteiger partial charge in [-0.1, -0.05) is 0 Å². The minimum Gasteiger partial charge on any atom is -0.308 e. The lowest BCUT2D eigenvalue weighted by atomic mass is 10.2. The molecule has 8 heteroatoms. The standard InChI is InChI=1S/C17H15F3N4O/c1-10-14-8-7-13(9-15(14)23-24(10)2)22-16(25)21-12-5-3-11(4-6-12)17(18,19)20/h3-9H,1-2H3,(H2,21,22,25). The van der Waals surface area contributed by atoms with Gasteiger partial charge in [-0.15, -0.1) is 0 Å². The summed E-state index contributed by atoms with van der Waals surface area (Å²) in [5.41, 5.74) is 1.78. The van der Waals surface area contributed by atoms with Crippen molar-refractivity contribution in [3.05, 3.63) is 53.7 Å². The van der Waals surface area contributed by atoms with Crippen LogP contribution in [-0.4, -0.2) is 15.8 Å². The van der Waals surface area contributed by atoms with Crippen LogP contribution < -0.4 is 10.6 Å². The van der Waals surface area contributed by atoms with Gasteiger partial charge >= 0.3 is 12.2 Å². The molecule has 0 saturated heterocycles. The van der Waals surface area contributed by atoms with Gasteiger partial charge in [0.05, 0.1) is 11.1 Å². The maximum absolute atomic E-state index is 12.5. The molecule has 2 N–H and O–H groups in total.